The number of anilines is 1. The second kappa shape index (κ2) is 11.6. The highest BCUT2D eigenvalue weighted by Gasteiger charge is 2.27. The molecule has 1 fully saturated rings. The van der Waals surface area contributed by atoms with Crippen molar-refractivity contribution in [1.82, 2.24) is 9.80 Å². The second-order valence-corrected chi connectivity index (χ2v) is 10.6. The summed E-state index contributed by atoms with van der Waals surface area (Å²) in [5.74, 6) is -0.228. The van der Waals surface area contributed by atoms with Crippen LogP contribution in [0.1, 0.15) is 59.0 Å². The number of aryl methyl sites for hydroxylation is 1. The van der Waals surface area contributed by atoms with Gasteiger partial charge < -0.3 is 15.0 Å². The minimum Gasteiger partial charge on any atom is -0.462 e. The van der Waals surface area contributed by atoms with Crippen LogP contribution in [0.3, 0.4) is 0 Å². The first-order valence-corrected chi connectivity index (χ1v) is 13.5. The lowest BCUT2D eigenvalue weighted by Gasteiger charge is -2.36. The molecule has 1 aromatic heterocycles. The van der Waals surface area contributed by atoms with Crippen LogP contribution in [0.15, 0.2) is 24.3 Å². The SMILES string of the molecule is CCOC(=O)c1c(NC(=S)N2CCN(Cc3ccc(Cl)cc3)CC2)sc2c1CCCCCC2. The Balaban J connectivity index is 1.41. The van der Waals surface area contributed by atoms with E-state index in [1.165, 1.54) is 35.3 Å². The normalized spacial score (nSPS) is 17.1. The number of thiocarbonyl (C=S) groups is 1. The maximum absolute atomic E-state index is 12.9. The van der Waals surface area contributed by atoms with E-state index in [4.69, 9.17) is 28.6 Å². The summed E-state index contributed by atoms with van der Waals surface area (Å²) in [5, 5.41) is 5.75. The molecule has 1 saturated heterocycles. The van der Waals surface area contributed by atoms with E-state index < -0.39 is 0 Å². The van der Waals surface area contributed by atoms with Crippen LogP contribution in [0, 0.1) is 0 Å². The van der Waals surface area contributed by atoms with Crippen molar-refractivity contribution < 1.29 is 9.53 Å². The molecule has 1 aliphatic carbocycles. The first-order chi connectivity index (χ1) is 16.0. The third kappa shape index (κ3) is 6.27. The third-order valence-corrected chi connectivity index (χ3v) is 8.17. The van der Waals surface area contributed by atoms with Gasteiger partial charge in [-0.3, -0.25) is 4.90 Å². The Morgan fingerprint density at radius 1 is 1.09 bits per heavy atom. The molecule has 0 radical (unpaired) electrons. The molecule has 2 aromatic rings. The van der Waals surface area contributed by atoms with Crippen molar-refractivity contribution in [3.63, 3.8) is 0 Å². The number of piperazine rings is 1. The predicted molar refractivity (Wildman–Crippen MR) is 141 cm³/mol. The first kappa shape index (κ1) is 24.5. The molecule has 2 aliphatic rings. The molecule has 2 heterocycles. The third-order valence-electron chi connectivity index (χ3n) is 6.35. The topological polar surface area (TPSA) is 44.8 Å². The molecule has 1 N–H and O–H groups in total. The molecule has 5 nitrogen and oxygen atoms in total. The zero-order chi connectivity index (χ0) is 23.2. The van der Waals surface area contributed by atoms with E-state index in [0.717, 1.165) is 62.0 Å². The highest BCUT2D eigenvalue weighted by Crippen LogP contribution is 2.37. The molecule has 178 valence electrons. The van der Waals surface area contributed by atoms with Gasteiger partial charge in [-0.25, -0.2) is 4.79 Å². The Morgan fingerprint density at radius 3 is 2.48 bits per heavy atom. The number of nitrogens with one attached hydrogen (secondary N) is 1. The first-order valence-electron chi connectivity index (χ1n) is 11.9. The maximum Gasteiger partial charge on any atom is 0.341 e. The monoisotopic (exact) mass is 505 g/mol. The smallest absolute Gasteiger partial charge is 0.341 e. The van der Waals surface area contributed by atoms with Gasteiger partial charge in [0.15, 0.2) is 5.11 Å². The van der Waals surface area contributed by atoms with Gasteiger partial charge in [0.1, 0.15) is 5.00 Å². The van der Waals surface area contributed by atoms with Crippen LogP contribution in [0.4, 0.5) is 5.00 Å². The quantitative estimate of drug-likeness (QED) is 0.412. The Kier molecular flexibility index (Phi) is 8.63. The van der Waals surface area contributed by atoms with E-state index in [1.807, 2.05) is 19.1 Å². The summed E-state index contributed by atoms with van der Waals surface area (Å²) in [6.45, 7) is 6.75. The molecule has 0 spiro atoms. The number of hydrogen-bond acceptors (Lipinski definition) is 5. The van der Waals surface area contributed by atoms with Gasteiger partial charge in [-0.05, 0) is 68.1 Å². The largest absolute Gasteiger partial charge is 0.462 e. The summed E-state index contributed by atoms with van der Waals surface area (Å²) in [4.78, 5) is 18.8. The fourth-order valence-corrected chi connectivity index (χ4v) is 6.31. The molecule has 4 rings (SSSR count). The molecule has 0 unspecified atom stereocenters. The molecular formula is C25H32ClN3O2S2. The standard InChI is InChI=1S/C25H32ClN3O2S2/c1-2-31-24(30)22-20-7-5-3-4-6-8-21(20)33-23(22)27-25(32)29-15-13-28(14-16-29)17-18-9-11-19(26)12-10-18/h9-12H,2-8,13-17H2,1H3,(H,27,32). The van der Waals surface area contributed by atoms with E-state index in [2.05, 4.69) is 27.2 Å². The number of carbonyl (C=O) groups excluding carboxylic acids is 1. The molecule has 0 bridgehead atoms. The van der Waals surface area contributed by atoms with Crippen molar-refractivity contribution in [1.29, 1.82) is 0 Å². The van der Waals surface area contributed by atoms with Crippen LogP contribution >= 0.6 is 35.2 Å². The van der Waals surface area contributed by atoms with Gasteiger partial charge in [-0.2, -0.15) is 0 Å². The summed E-state index contributed by atoms with van der Waals surface area (Å²) in [6.07, 6.45) is 6.75. The van der Waals surface area contributed by atoms with Gasteiger partial charge >= 0.3 is 5.97 Å². The number of esters is 1. The Labute approximate surface area is 211 Å². The summed E-state index contributed by atoms with van der Waals surface area (Å²) < 4.78 is 5.43. The number of rotatable bonds is 5. The average Bonchev–Trinajstić information content (AvgIpc) is 3.12. The lowest BCUT2D eigenvalue weighted by atomic mass is 9.96. The minimum absolute atomic E-state index is 0.228. The summed E-state index contributed by atoms with van der Waals surface area (Å²) in [7, 11) is 0. The number of hydrogen-bond donors (Lipinski definition) is 1. The maximum atomic E-state index is 12.9. The molecule has 0 amide bonds. The molecule has 1 aliphatic heterocycles. The highest BCUT2D eigenvalue weighted by molar-refractivity contribution is 7.80. The lowest BCUT2D eigenvalue weighted by Crippen LogP contribution is -2.49. The van der Waals surface area contributed by atoms with Crippen molar-refractivity contribution in [2.45, 2.75) is 52.0 Å². The molecule has 0 saturated carbocycles. The molecule has 33 heavy (non-hydrogen) atoms. The van der Waals surface area contributed by atoms with E-state index in [9.17, 15) is 4.79 Å². The van der Waals surface area contributed by atoms with E-state index in [-0.39, 0.29) is 5.97 Å². The van der Waals surface area contributed by atoms with Crippen LogP contribution in [-0.2, 0) is 24.1 Å². The van der Waals surface area contributed by atoms with Crippen molar-refractivity contribution in [2.75, 3.05) is 38.1 Å². The highest BCUT2D eigenvalue weighted by atomic mass is 35.5. The fraction of sp³-hybridized carbons (Fsp3) is 0.520. The minimum atomic E-state index is -0.228. The van der Waals surface area contributed by atoms with E-state index in [1.54, 1.807) is 11.3 Å². The number of benzene rings is 1. The van der Waals surface area contributed by atoms with Crippen LogP contribution in [0.2, 0.25) is 5.02 Å². The van der Waals surface area contributed by atoms with Crippen LogP contribution in [-0.4, -0.2) is 53.7 Å². The average molecular weight is 506 g/mol. The molecular weight excluding hydrogens is 474 g/mol. The predicted octanol–water partition coefficient (Wildman–Crippen LogP) is 5.75. The van der Waals surface area contributed by atoms with Gasteiger partial charge in [-0.15, -0.1) is 11.3 Å². The molecule has 8 heteroatoms. The van der Waals surface area contributed by atoms with Gasteiger partial charge in [0.25, 0.3) is 0 Å². The number of ether oxygens (including phenoxy) is 1. The van der Waals surface area contributed by atoms with Crippen molar-refractivity contribution in [2.24, 2.45) is 0 Å². The Bertz CT molecular complexity index is 969. The molecule has 0 atom stereocenters. The van der Waals surface area contributed by atoms with E-state index in [0.29, 0.717) is 17.3 Å². The Morgan fingerprint density at radius 2 is 1.79 bits per heavy atom. The Hall–Kier alpha value is -1.67. The van der Waals surface area contributed by atoms with Gasteiger partial charge in [0.2, 0.25) is 0 Å². The zero-order valence-electron chi connectivity index (χ0n) is 19.2. The van der Waals surface area contributed by atoms with Gasteiger partial charge in [0.05, 0.1) is 12.2 Å². The van der Waals surface area contributed by atoms with E-state index >= 15 is 0 Å². The fourth-order valence-electron chi connectivity index (χ4n) is 4.56. The van der Waals surface area contributed by atoms with Crippen molar-refractivity contribution in [3.05, 3.63) is 50.9 Å². The van der Waals surface area contributed by atoms with Crippen molar-refractivity contribution in [3.8, 4) is 0 Å². The number of nitrogens with zero attached hydrogens (tertiary/aromatic N) is 2. The second-order valence-electron chi connectivity index (χ2n) is 8.66. The zero-order valence-corrected chi connectivity index (χ0v) is 21.6. The number of fused-ring (bicyclic) bond motifs is 1. The van der Waals surface area contributed by atoms with Gasteiger partial charge in [0, 0.05) is 42.6 Å². The van der Waals surface area contributed by atoms with Gasteiger partial charge in [-0.1, -0.05) is 36.6 Å². The summed E-state index contributed by atoms with van der Waals surface area (Å²) in [5.41, 5.74) is 3.15. The lowest BCUT2D eigenvalue weighted by molar-refractivity contribution is 0.0526. The molecule has 1 aromatic carbocycles. The van der Waals surface area contributed by atoms with Crippen LogP contribution < -0.4 is 5.32 Å². The summed E-state index contributed by atoms with van der Waals surface area (Å²) in [6, 6.07) is 8.05. The van der Waals surface area contributed by atoms with Crippen LogP contribution in [0.5, 0.6) is 0 Å². The summed E-state index contributed by atoms with van der Waals surface area (Å²) >= 11 is 13.5. The number of carbonyl (C=O) groups is 1. The van der Waals surface area contributed by atoms with Crippen LogP contribution in [0.25, 0.3) is 0 Å². The van der Waals surface area contributed by atoms with Crippen molar-refractivity contribution >= 4 is 51.2 Å². The number of thiophene rings is 1. The number of halogens is 1.